The van der Waals surface area contributed by atoms with E-state index in [4.69, 9.17) is 14.2 Å². The molecule has 0 aromatic rings. The van der Waals surface area contributed by atoms with Crippen LogP contribution in [0.1, 0.15) is 213 Å². The van der Waals surface area contributed by atoms with Crippen molar-refractivity contribution in [2.24, 2.45) is 0 Å². The van der Waals surface area contributed by atoms with Crippen LogP contribution in [0.15, 0.2) is 109 Å². The minimum Gasteiger partial charge on any atom is -0.462 e. The summed E-state index contributed by atoms with van der Waals surface area (Å²) in [7, 11) is 0. The fraction of sp³-hybridized carbons (Fsp3) is 0.632. The van der Waals surface area contributed by atoms with Gasteiger partial charge in [-0.05, 0) is 122 Å². The molecule has 0 unspecified atom stereocenters. The van der Waals surface area contributed by atoms with E-state index < -0.39 is 6.10 Å². The van der Waals surface area contributed by atoms with Crippen molar-refractivity contribution in [3.63, 3.8) is 0 Å². The van der Waals surface area contributed by atoms with Crippen molar-refractivity contribution in [3.8, 4) is 0 Å². The second kappa shape index (κ2) is 50.7. The van der Waals surface area contributed by atoms with Gasteiger partial charge >= 0.3 is 17.9 Å². The molecule has 0 aromatic carbocycles. The lowest BCUT2D eigenvalue weighted by atomic mass is 10.1. The SMILES string of the molecule is CC/C=C\C/C=C\C/C=C\C/C=C\CCCCC(=O)OC[C@H](COC(=O)CCC/C=C\C/C=C\C/C=C\C/C=C\CCCCC)OC(=O)CCCCCCC/C=C\CCCCCC. The van der Waals surface area contributed by atoms with Crippen molar-refractivity contribution in [2.45, 2.75) is 219 Å². The van der Waals surface area contributed by atoms with Gasteiger partial charge in [0.2, 0.25) is 0 Å². The number of carbonyl (C=O) groups excluding carboxylic acids is 3. The molecule has 0 N–H and O–H groups in total. The summed E-state index contributed by atoms with van der Waals surface area (Å²) in [5.41, 5.74) is 0. The molecule has 0 rings (SSSR count). The van der Waals surface area contributed by atoms with E-state index in [1.807, 2.05) is 0 Å². The predicted octanol–water partition coefficient (Wildman–Crippen LogP) is 16.8. The molecule has 0 aliphatic carbocycles. The van der Waals surface area contributed by atoms with E-state index in [0.29, 0.717) is 25.7 Å². The highest BCUT2D eigenvalue weighted by Crippen LogP contribution is 2.12. The van der Waals surface area contributed by atoms with E-state index in [2.05, 4.69) is 130 Å². The smallest absolute Gasteiger partial charge is 0.306 e. The number of esters is 3. The third-order valence-electron chi connectivity index (χ3n) is 10.2. The number of ether oxygens (including phenoxy) is 3. The van der Waals surface area contributed by atoms with Gasteiger partial charge in [0, 0.05) is 19.3 Å². The van der Waals surface area contributed by atoms with Crippen LogP contribution < -0.4 is 0 Å². The van der Waals surface area contributed by atoms with E-state index in [1.165, 1.54) is 64.2 Å². The number of hydrogen-bond acceptors (Lipinski definition) is 6. The zero-order valence-electron chi connectivity index (χ0n) is 40.5. The minimum absolute atomic E-state index is 0.122. The second-order valence-electron chi connectivity index (χ2n) is 16.3. The number of unbranched alkanes of at least 4 members (excludes halogenated alkanes) is 15. The Morgan fingerprint density at radius 3 is 1.11 bits per heavy atom. The summed E-state index contributed by atoms with van der Waals surface area (Å²) >= 11 is 0. The van der Waals surface area contributed by atoms with Gasteiger partial charge in [-0.15, -0.1) is 0 Å². The topological polar surface area (TPSA) is 78.9 Å². The van der Waals surface area contributed by atoms with E-state index >= 15 is 0 Å². The van der Waals surface area contributed by atoms with Gasteiger partial charge in [0.15, 0.2) is 6.10 Å². The van der Waals surface area contributed by atoms with Crippen molar-refractivity contribution < 1.29 is 28.6 Å². The Hall–Kier alpha value is -3.93. The van der Waals surface area contributed by atoms with E-state index in [0.717, 1.165) is 96.3 Å². The minimum atomic E-state index is -0.822. The predicted molar refractivity (Wildman–Crippen MR) is 270 cm³/mol. The van der Waals surface area contributed by atoms with E-state index in [-0.39, 0.29) is 37.5 Å². The summed E-state index contributed by atoms with van der Waals surface area (Å²) in [6, 6.07) is 0. The fourth-order valence-electron chi connectivity index (χ4n) is 6.42. The average molecular weight is 873 g/mol. The number of rotatable bonds is 44. The van der Waals surface area contributed by atoms with Gasteiger partial charge in [-0.25, -0.2) is 0 Å². The lowest BCUT2D eigenvalue weighted by molar-refractivity contribution is -0.167. The van der Waals surface area contributed by atoms with E-state index in [1.54, 1.807) is 0 Å². The summed E-state index contributed by atoms with van der Waals surface area (Å²) in [5, 5.41) is 0. The van der Waals surface area contributed by atoms with Crippen molar-refractivity contribution in [2.75, 3.05) is 13.2 Å². The molecule has 6 heteroatoms. The molecule has 0 aliphatic heterocycles. The summed E-state index contributed by atoms with van der Waals surface area (Å²) in [6.07, 6.45) is 67.9. The Labute approximate surface area is 387 Å². The molecule has 1 atom stereocenters. The lowest BCUT2D eigenvalue weighted by Gasteiger charge is -2.18. The van der Waals surface area contributed by atoms with Crippen LogP contribution in [0.4, 0.5) is 0 Å². The van der Waals surface area contributed by atoms with Gasteiger partial charge in [0.25, 0.3) is 0 Å². The zero-order valence-corrected chi connectivity index (χ0v) is 40.5. The average Bonchev–Trinajstić information content (AvgIpc) is 3.28. The molecule has 6 nitrogen and oxygen atoms in total. The number of allylic oxidation sites excluding steroid dienone is 18. The molecule has 356 valence electrons. The van der Waals surface area contributed by atoms with Gasteiger partial charge in [-0.3, -0.25) is 14.4 Å². The summed E-state index contributed by atoms with van der Waals surface area (Å²) in [4.78, 5) is 37.9. The van der Waals surface area contributed by atoms with Crippen LogP contribution in [0, 0.1) is 0 Å². The van der Waals surface area contributed by atoms with Crippen LogP contribution >= 0.6 is 0 Å². The Bertz CT molecular complexity index is 1330. The highest BCUT2D eigenvalue weighted by atomic mass is 16.6. The molecule has 0 fully saturated rings. The fourth-order valence-corrected chi connectivity index (χ4v) is 6.42. The van der Waals surface area contributed by atoms with Gasteiger partial charge in [0.1, 0.15) is 13.2 Å². The molecule has 0 saturated heterocycles. The molecular weight excluding hydrogens is 781 g/mol. The van der Waals surface area contributed by atoms with Crippen molar-refractivity contribution >= 4 is 17.9 Å². The maximum Gasteiger partial charge on any atom is 0.306 e. The summed E-state index contributed by atoms with van der Waals surface area (Å²) in [5.74, 6) is -1.03. The third kappa shape index (κ3) is 49.0. The molecule has 63 heavy (non-hydrogen) atoms. The van der Waals surface area contributed by atoms with Gasteiger partial charge in [0.05, 0.1) is 0 Å². The maximum absolute atomic E-state index is 12.8. The molecule has 0 heterocycles. The van der Waals surface area contributed by atoms with Crippen molar-refractivity contribution in [3.05, 3.63) is 109 Å². The van der Waals surface area contributed by atoms with Gasteiger partial charge in [-0.1, -0.05) is 182 Å². The molecule has 0 bridgehead atoms. The standard InChI is InChI=1S/C57H92O6/c1-4-7-10-13-16-19-22-25-27-28-30-33-35-38-41-44-47-50-56(59)62-53-54(63-57(60)51-48-45-42-39-36-31-24-21-18-15-12-9-6-3)52-61-55(58)49-46-43-40-37-34-32-29-26-23-20-17-14-11-8-5-2/h8,11,16-17,19-21,24-27,29-30,33-34,37-38,41,54H,4-7,9-10,12-15,18,22-23,28,31-32,35-36,39-40,42-53H2,1-3H3/b11-8-,19-16-,20-17-,24-21-,27-25-,29-26-,33-30-,37-34-,41-38-/t54-/m1/s1. The zero-order chi connectivity index (χ0) is 45.8. The normalized spacial score (nSPS) is 13.0. The van der Waals surface area contributed by atoms with Gasteiger partial charge < -0.3 is 14.2 Å². The molecule has 0 spiro atoms. The van der Waals surface area contributed by atoms with Crippen LogP contribution in [0.2, 0.25) is 0 Å². The Balaban J connectivity index is 4.56. The second-order valence-corrected chi connectivity index (χ2v) is 16.3. The molecule has 0 radical (unpaired) electrons. The lowest BCUT2D eigenvalue weighted by Crippen LogP contribution is -2.30. The Kier molecular flexibility index (Phi) is 47.5. The van der Waals surface area contributed by atoms with Crippen LogP contribution in [-0.4, -0.2) is 37.2 Å². The first-order valence-electron chi connectivity index (χ1n) is 25.4. The van der Waals surface area contributed by atoms with Crippen LogP contribution in [0.3, 0.4) is 0 Å². The number of carbonyl (C=O) groups is 3. The monoisotopic (exact) mass is 873 g/mol. The third-order valence-corrected chi connectivity index (χ3v) is 10.2. The Morgan fingerprint density at radius 2 is 0.635 bits per heavy atom. The van der Waals surface area contributed by atoms with Gasteiger partial charge in [-0.2, -0.15) is 0 Å². The molecular formula is C57H92O6. The van der Waals surface area contributed by atoms with Crippen molar-refractivity contribution in [1.82, 2.24) is 0 Å². The van der Waals surface area contributed by atoms with E-state index in [9.17, 15) is 14.4 Å². The van der Waals surface area contributed by atoms with Crippen LogP contribution in [-0.2, 0) is 28.6 Å². The molecule has 0 aliphatic rings. The van der Waals surface area contributed by atoms with Crippen molar-refractivity contribution in [1.29, 1.82) is 0 Å². The largest absolute Gasteiger partial charge is 0.462 e. The summed E-state index contributed by atoms with van der Waals surface area (Å²) in [6.45, 7) is 6.37. The molecule has 0 saturated carbocycles. The highest BCUT2D eigenvalue weighted by molar-refractivity contribution is 5.71. The quantitative estimate of drug-likeness (QED) is 0.0263. The molecule has 0 aromatic heterocycles. The van der Waals surface area contributed by atoms with Crippen LogP contribution in [0.5, 0.6) is 0 Å². The highest BCUT2D eigenvalue weighted by Gasteiger charge is 2.19. The van der Waals surface area contributed by atoms with Crippen LogP contribution in [0.25, 0.3) is 0 Å². The number of hydrogen-bond donors (Lipinski definition) is 0. The molecule has 0 amide bonds. The maximum atomic E-state index is 12.8. The summed E-state index contributed by atoms with van der Waals surface area (Å²) < 4.78 is 16.7. The first-order chi connectivity index (χ1) is 31.0. The first kappa shape index (κ1) is 59.1. The first-order valence-corrected chi connectivity index (χ1v) is 25.4. The Morgan fingerprint density at radius 1 is 0.333 bits per heavy atom.